The van der Waals surface area contributed by atoms with Gasteiger partial charge in [-0.3, -0.25) is 9.69 Å². The van der Waals surface area contributed by atoms with Gasteiger partial charge in [0.05, 0.1) is 6.61 Å². The number of rotatable bonds is 6. The summed E-state index contributed by atoms with van der Waals surface area (Å²) in [6.07, 6.45) is -0.674. The zero-order valence-corrected chi connectivity index (χ0v) is 16.0. The van der Waals surface area contributed by atoms with Crippen molar-refractivity contribution in [3.8, 4) is 5.75 Å². The Bertz CT molecular complexity index is 855. The lowest BCUT2D eigenvalue weighted by molar-refractivity contribution is -0.0502. The number of alkyl halides is 2. The molecule has 3 rings (SSSR count). The molecule has 1 amide bonds. The Hall–Kier alpha value is -3.00. The third-order valence-electron chi connectivity index (χ3n) is 4.55. The predicted octanol–water partition coefficient (Wildman–Crippen LogP) is 4.24. The van der Waals surface area contributed by atoms with Gasteiger partial charge >= 0.3 is 12.7 Å². The number of benzene rings is 2. The molecule has 0 aromatic heterocycles. The number of ether oxygens (including phenoxy) is 3. The molecule has 0 bridgehead atoms. The van der Waals surface area contributed by atoms with Gasteiger partial charge in [0.15, 0.2) is 5.78 Å². The molecule has 6 nitrogen and oxygen atoms in total. The molecule has 1 atom stereocenters. The first-order valence-corrected chi connectivity index (χ1v) is 9.01. The summed E-state index contributed by atoms with van der Waals surface area (Å²) in [7, 11) is 0. The number of hydrogen-bond acceptors (Lipinski definition) is 5. The van der Waals surface area contributed by atoms with Crippen LogP contribution in [0, 0.1) is 0 Å². The second-order valence-corrected chi connectivity index (χ2v) is 6.95. The first-order chi connectivity index (χ1) is 13.8. The molecule has 29 heavy (non-hydrogen) atoms. The maximum Gasteiger partial charge on any atom is 0.413 e. The highest BCUT2D eigenvalue weighted by atomic mass is 19.3. The van der Waals surface area contributed by atoms with Crippen molar-refractivity contribution in [2.24, 2.45) is 0 Å². The van der Waals surface area contributed by atoms with Gasteiger partial charge in [-0.1, -0.05) is 30.3 Å². The normalized spacial score (nSPS) is 18.0. The molecule has 0 saturated carbocycles. The van der Waals surface area contributed by atoms with E-state index in [1.807, 2.05) is 30.3 Å². The van der Waals surface area contributed by atoms with Crippen LogP contribution in [0.25, 0.3) is 0 Å². The van der Waals surface area contributed by atoms with Gasteiger partial charge in [0.25, 0.3) is 0 Å². The lowest BCUT2D eigenvalue weighted by Crippen LogP contribution is -2.50. The van der Waals surface area contributed by atoms with E-state index in [4.69, 9.17) is 9.47 Å². The van der Waals surface area contributed by atoms with Crippen molar-refractivity contribution in [1.82, 2.24) is 4.90 Å². The van der Waals surface area contributed by atoms with Crippen molar-refractivity contribution in [3.63, 3.8) is 0 Å². The zero-order valence-electron chi connectivity index (χ0n) is 16.0. The van der Waals surface area contributed by atoms with E-state index in [-0.39, 0.29) is 30.3 Å². The molecule has 154 valence electrons. The van der Waals surface area contributed by atoms with E-state index >= 15 is 0 Å². The van der Waals surface area contributed by atoms with Crippen molar-refractivity contribution in [2.75, 3.05) is 6.61 Å². The molecular formula is C21H21F2NO5. The van der Waals surface area contributed by atoms with Crippen LogP contribution in [0.15, 0.2) is 54.6 Å². The van der Waals surface area contributed by atoms with Crippen LogP contribution in [0.3, 0.4) is 0 Å². The van der Waals surface area contributed by atoms with Crippen LogP contribution in [0.5, 0.6) is 5.75 Å². The monoisotopic (exact) mass is 405 g/mol. The molecule has 1 heterocycles. The average molecular weight is 405 g/mol. The van der Waals surface area contributed by atoms with Crippen molar-refractivity contribution in [1.29, 1.82) is 0 Å². The molecule has 0 radical (unpaired) electrons. The highest BCUT2D eigenvalue weighted by molar-refractivity contribution is 6.02. The Morgan fingerprint density at radius 2 is 1.79 bits per heavy atom. The number of hydrogen-bond donors (Lipinski definition) is 0. The summed E-state index contributed by atoms with van der Waals surface area (Å²) in [4.78, 5) is 26.9. The highest BCUT2D eigenvalue weighted by Gasteiger charge is 2.48. The van der Waals surface area contributed by atoms with Gasteiger partial charge in [-0.15, -0.1) is 0 Å². The summed E-state index contributed by atoms with van der Waals surface area (Å²) in [6.45, 7) is 0.456. The quantitative estimate of drug-likeness (QED) is 0.673. The predicted molar refractivity (Wildman–Crippen MR) is 99.7 cm³/mol. The SMILES string of the molecule is CC1(C)OCC(C(=O)c2ccc(OC(F)F)cc2)N1C(=O)OCc1ccccc1. The molecule has 2 aromatic carbocycles. The number of carbonyl (C=O) groups excluding carboxylic acids is 2. The zero-order chi connectivity index (χ0) is 21.0. The van der Waals surface area contributed by atoms with Gasteiger partial charge in [-0.25, -0.2) is 4.79 Å². The van der Waals surface area contributed by atoms with Crippen LogP contribution in [0.4, 0.5) is 13.6 Å². The van der Waals surface area contributed by atoms with E-state index in [0.29, 0.717) is 0 Å². The average Bonchev–Trinajstić information content (AvgIpc) is 3.01. The Kier molecular flexibility index (Phi) is 6.12. The third-order valence-corrected chi connectivity index (χ3v) is 4.55. The van der Waals surface area contributed by atoms with Crippen LogP contribution in [0.2, 0.25) is 0 Å². The van der Waals surface area contributed by atoms with Gasteiger partial charge in [-0.05, 0) is 43.7 Å². The van der Waals surface area contributed by atoms with E-state index in [1.165, 1.54) is 29.2 Å². The van der Waals surface area contributed by atoms with Crippen molar-refractivity contribution in [2.45, 2.75) is 38.8 Å². The fraction of sp³-hybridized carbons (Fsp3) is 0.333. The van der Waals surface area contributed by atoms with Gasteiger partial charge in [0.1, 0.15) is 24.1 Å². The van der Waals surface area contributed by atoms with E-state index in [9.17, 15) is 18.4 Å². The smallest absolute Gasteiger partial charge is 0.413 e. The Balaban J connectivity index is 1.73. The number of amides is 1. The largest absolute Gasteiger partial charge is 0.444 e. The summed E-state index contributed by atoms with van der Waals surface area (Å²) in [5.41, 5.74) is 0.0300. The molecule has 0 N–H and O–H groups in total. The summed E-state index contributed by atoms with van der Waals surface area (Å²) >= 11 is 0. The van der Waals surface area contributed by atoms with Crippen LogP contribution < -0.4 is 4.74 Å². The first-order valence-electron chi connectivity index (χ1n) is 9.01. The standard InChI is InChI=1S/C21H21F2NO5/c1-21(2)24(20(26)27-12-14-6-4-3-5-7-14)17(13-28-21)18(25)15-8-10-16(11-9-15)29-19(22)23/h3-11,17,19H,12-13H2,1-2H3. The van der Waals surface area contributed by atoms with Gasteiger partial charge < -0.3 is 14.2 Å². The minimum atomic E-state index is -2.95. The van der Waals surface area contributed by atoms with Crippen LogP contribution in [-0.4, -0.2) is 41.8 Å². The van der Waals surface area contributed by atoms with Crippen molar-refractivity contribution < 1.29 is 32.6 Å². The molecule has 1 aliphatic rings. The summed E-state index contributed by atoms with van der Waals surface area (Å²) in [6, 6.07) is 13.6. The molecule has 1 saturated heterocycles. The summed E-state index contributed by atoms with van der Waals surface area (Å²) in [5.74, 6) is -0.436. The minimum Gasteiger partial charge on any atom is -0.444 e. The van der Waals surface area contributed by atoms with E-state index in [1.54, 1.807) is 13.8 Å². The van der Waals surface area contributed by atoms with E-state index in [0.717, 1.165) is 5.56 Å². The molecule has 1 fully saturated rings. The number of carbonyl (C=O) groups is 2. The molecule has 1 unspecified atom stereocenters. The summed E-state index contributed by atoms with van der Waals surface area (Å²) in [5, 5.41) is 0. The minimum absolute atomic E-state index is 0.00154. The lowest BCUT2D eigenvalue weighted by atomic mass is 10.0. The van der Waals surface area contributed by atoms with Gasteiger partial charge in [0, 0.05) is 5.56 Å². The van der Waals surface area contributed by atoms with E-state index < -0.39 is 24.5 Å². The second kappa shape index (κ2) is 8.57. The maximum atomic E-state index is 12.9. The number of nitrogens with zero attached hydrogens (tertiary/aromatic N) is 1. The van der Waals surface area contributed by atoms with Gasteiger partial charge in [-0.2, -0.15) is 8.78 Å². The number of ketones is 1. The Morgan fingerprint density at radius 3 is 2.41 bits per heavy atom. The Morgan fingerprint density at radius 1 is 1.14 bits per heavy atom. The van der Waals surface area contributed by atoms with E-state index in [2.05, 4.69) is 4.74 Å². The number of Topliss-reactive ketones (excluding diaryl/α,β-unsaturated/α-hetero) is 1. The van der Waals surface area contributed by atoms with Gasteiger partial charge in [0.2, 0.25) is 0 Å². The first kappa shape index (κ1) is 20.7. The second-order valence-electron chi connectivity index (χ2n) is 6.95. The topological polar surface area (TPSA) is 65.1 Å². The molecule has 2 aromatic rings. The van der Waals surface area contributed by atoms with Crippen LogP contribution in [0.1, 0.15) is 29.8 Å². The molecule has 1 aliphatic heterocycles. The van der Waals surface area contributed by atoms with Crippen molar-refractivity contribution in [3.05, 3.63) is 65.7 Å². The lowest BCUT2D eigenvalue weighted by Gasteiger charge is -2.32. The summed E-state index contributed by atoms with van der Waals surface area (Å²) < 4.78 is 39.9. The molecule has 0 aliphatic carbocycles. The fourth-order valence-corrected chi connectivity index (χ4v) is 3.12. The third kappa shape index (κ3) is 4.89. The van der Waals surface area contributed by atoms with Crippen LogP contribution in [-0.2, 0) is 16.1 Å². The molecule has 0 spiro atoms. The Labute approximate surface area is 167 Å². The van der Waals surface area contributed by atoms with Crippen LogP contribution >= 0.6 is 0 Å². The highest BCUT2D eigenvalue weighted by Crippen LogP contribution is 2.30. The fourth-order valence-electron chi connectivity index (χ4n) is 3.12. The molecular weight excluding hydrogens is 384 g/mol. The molecule has 8 heteroatoms. The number of halogens is 2. The maximum absolute atomic E-state index is 12.9. The van der Waals surface area contributed by atoms with Crippen molar-refractivity contribution >= 4 is 11.9 Å².